The van der Waals surface area contributed by atoms with Gasteiger partial charge in [0.2, 0.25) is 0 Å². The van der Waals surface area contributed by atoms with Gasteiger partial charge in [0.05, 0.1) is 13.0 Å². The highest BCUT2D eigenvalue weighted by atomic mass is 16.5. The summed E-state index contributed by atoms with van der Waals surface area (Å²) in [7, 11) is 1.42. The van der Waals surface area contributed by atoms with Crippen LogP contribution >= 0.6 is 0 Å². The molecule has 1 saturated carbocycles. The van der Waals surface area contributed by atoms with Crippen molar-refractivity contribution in [1.82, 2.24) is 0 Å². The number of methoxy groups -OCH3 is 1. The standard InChI is InChI=1S/C11H14O2/c1-5-6-7-8-9(10(12)13-4)11(8,2)3/h1,6-9H,2-4H3/b7-6+. The highest BCUT2D eigenvalue weighted by molar-refractivity contribution is 5.78. The van der Waals surface area contributed by atoms with Crippen molar-refractivity contribution in [2.75, 3.05) is 7.11 Å². The highest BCUT2D eigenvalue weighted by Gasteiger charge is 2.61. The Hall–Kier alpha value is -1.23. The number of esters is 1. The van der Waals surface area contributed by atoms with Crippen LogP contribution in [0.25, 0.3) is 0 Å². The maximum absolute atomic E-state index is 11.3. The molecule has 1 aliphatic rings. The number of rotatable bonds is 2. The van der Waals surface area contributed by atoms with Crippen LogP contribution in [-0.2, 0) is 9.53 Å². The molecule has 0 saturated heterocycles. The van der Waals surface area contributed by atoms with E-state index in [2.05, 4.69) is 5.92 Å². The number of allylic oxidation sites excluding steroid dienone is 2. The summed E-state index contributed by atoms with van der Waals surface area (Å²) in [5, 5.41) is 0. The molecule has 0 aliphatic heterocycles. The number of terminal acetylenes is 1. The minimum absolute atomic E-state index is 0.000440. The second kappa shape index (κ2) is 3.26. The normalized spacial score (nSPS) is 29.7. The SMILES string of the molecule is C#C/C=C/C1C(C(=O)OC)C1(C)C. The Kier molecular flexibility index (Phi) is 2.47. The van der Waals surface area contributed by atoms with Crippen molar-refractivity contribution in [2.45, 2.75) is 13.8 Å². The van der Waals surface area contributed by atoms with Gasteiger partial charge in [-0.25, -0.2) is 0 Å². The van der Waals surface area contributed by atoms with E-state index in [4.69, 9.17) is 11.2 Å². The lowest BCUT2D eigenvalue weighted by Gasteiger charge is -1.98. The minimum atomic E-state index is -0.142. The molecule has 0 amide bonds. The summed E-state index contributed by atoms with van der Waals surface area (Å²) in [6, 6.07) is 0. The average molecular weight is 178 g/mol. The third kappa shape index (κ3) is 1.60. The fourth-order valence-electron chi connectivity index (χ4n) is 1.77. The van der Waals surface area contributed by atoms with Crippen LogP contribution in [0, 0.1) is 29.6 Å². The van der Waals surface area contributed by atoms with Gasteiger partial charge in [-0.05, 0) is 17.4 Å². The number of hydrogen-bond acceptors (Lipinski definition) is 2. The van der Waals surface area contributed by atoms with E-state index in [1.807, 2.05) is 19.9 Å². The average Bonchev–Trinajstić information content (AvgIpc) is 2.63. The predicted molar refractivity (Wildman–Crippen MR) is 50.8 cm³/mol. The third-order valence-electron chi connectivity index (χ3n) is 2.77. The monoisotopic (exact) mass is 178 g/mol. The molecule has 2 unspecified atom stereocenters. The minimum Gasteiger partial charge on any atom is -0.469 e. The summed E-state index contributed by atoms with van der Waals surface area (Å²) in [6.07, 6.45) is 8.65. The number of carbonyl (C=O) groups excluding carboxylic acids is 1. The molecule has 2 nitrogen and oxygen atoms in total. The molecule has 0 bridgehead atoms. The van der Waals surface area contributed by atoms with Gasteiger partial charge in [-0.1, -0.05) is 25.8 Å². The van der Waals surface area contributed by atoms with Crippen LogP contribution in [-0.4, -0.2) is 13.1 Å². The summed E-state index contributed by atoms with van der Waals surface area (Å²) in [5.41, 5.74) is 0.000440. The molecule has 70 valence electrons. The van der Waals surface area contributed by atoms with E-state index in [9.17, 15) is 4.79 Å². The van der Waals surface area contributed by atoms with E-state index in [-0.39, 0.29) is 23.2 Å². The molecule has 0 radical (unpaired) electrons. The van der Waals surface area contributed by atoms with Gasteiger partial charge in [0.1, 0.15) is 0 Å². The van der Waals surface area contributed by atoms with Crippen molar-refractivity contribution in [3.05, 3.63) is 12.2 Å². The van der Waals surface area contributed by atoms with Gasteiger partial charge in [0.25, 0.3) is 0 Å². The third-order valence-corrected chi connectivity index (χ3v) is 2.77. The summed E-state index contributed by atoms with van der Waals surface area (Å²) < 4.78 is 4.70. The molecule has 0 aromatic rings. The molecular weight excluding hydrogens is 164 g/mol. The van der Waals surface area contributed by atoms with Crippen LogP contribution in [0.4, 0.5) is 0 Å². The maximum Gasteiger partial charge on any atom is 0.309 e. The van der Waals surface area contributed by atoms with Crippen molar-refractivity contribution in [3.8, 4) is 12.3 Å². The van der Waals surface area contributed by atoms with E-state index >= 15 is 0 Å². The highest BCUT2D eigenvalue weighted by Crippen LogP contribution is 2.59. The lowest BCUT2D eigenvalue weighted by atomic mass is 10.1. The summed E-state index contributed by atoms with van der Waals surface area (Å²) in [5.74, 6) is 2.49. The van der Waals surface area contributed by atoms with Crippen LogP contribution < -0.4 is 0 Å². The summed E-state index contributed by atoms with van der Waals surface area (Å²) >= 11 is 0. The van der Waals surface area contributed by atoms with Gasteiger partial charge in [-0.15, -0.1) is 6.42 Å². The Morgan fingerprint density at radius 1 is 1.62 bits per heavy atom. The smallest absolute Gasteiger partial charge is 0.309 e. The van der Waals surface area contributed by atoms with Crippen molar-refractivity contribution in [1.29, 1.82) is 0 Å². The van der Waals surface area contributed by atoms with Gasteiger partial charge in [-0.3, -0.25) is 4.79 Å². The first-order valence-electron chi connectivity index (χ1n) is 4.26. The molecular formula is C11H14O2. The maximum atomic E-state index is 11.3. The topological polar surface area (TPSA) is 26.3 Å². The van der Waals surface area contributed by atoms with Gasteiger partial charge in [0.15, 0.2) is 0 Å². The molecule has 0 spiro atoms. The lowest BCUT2D eigenvalue weighted by Crippen LogP contribution is -2.07. The zero-order valence-electron chi connectivity index (χ0n) is 8.20. The fourth-order valence-corrected chi connectivity index (χ4v) is 1.77. The Labute approximate surface area is 79.0 Å². The Balaban J connectivity index is 2.67. The van der Waals surface area contributed by atoms with Gasteiger partial charge in [0, 0.05) is 0 Å². The van der Waals surface area contributed by atoms with Gasteiger partial charge >= 0.3 is 5.97 Å². The van der Waals surface area contributed by atoms with Crippen molar-refractivity contribution >= 4 is 5.97 Å². The zero-order valence-corrected chi connectivity index (χ0v) is 8.20. The first-order chi connectivity index (χ1) is 6.05. The van der Waals surface area contributed by atoms with Gasteiger partial charge < -0.3 is 4.74 Å². The quantitative estimate of drug-likeness (QED) is 0.474. The predicted octanol–water partition coefficient (Wildman–Crippen LogP) is 1.62. The molecule has 2 atom stereocenters. The largest absolute Gasteiger partial charge is 0.469 e. The number of hydrogen-bond donors (Lipinski definition) is 0. The van der Waals surface area contributed by atoms with Crippen molar-refractivity contribution in [3.63, 3.8) is 0 Å². The Morgan fingerprint density at radius 3 is 2.69 bits per heavy atom. The van der Waals surface area contributed by atoms with Crippen LogP contribution in [0.5, 0.6) is 0 Å². The van der Waals surface area contributed by atoms with E-state index in [1.165, 1.54) is 7.11 Å². The lowest BCUT2D eigenvalue weighted by molar-refractivity contribution is -0.143. The van der Waals surface area contributed by atoms with Crippen LogP contribution in [0.3, 0.4) is 0 Å². The van der Waals surface area contributed by atoms with E-state index in [0.717, 1.165) is 0 Å². The van der Waals surface area contributed by atoms with Crippen molar-refractivity contribution < 1.29 is 9.53 Å². The van der Waals surface area contributed by atoms with E-state index < -0.39 is 0 Å². The zero-order chi connectivity index (χ0) is 10.1. The van der Waals surface area contributed by atoms with Crippen LogP contribution in [0.15, 0.2) is 12.2 Å². The Morgan fingerprint density at radius 2 is 2.23 bits per heavy atom. The molecule has 1 fully saturated rings. The molecule has 0 N–H and O–H groups in total. The second-order valence-electron chi connectivity index (χ2n) is 3.87. The number of ether oxygens (including phenoxy) is 1. The Bertz CT molecular complexity index is 281. The van der Waals surface area contributed by atoms with Gasteiger partial charge in [-0.2, -0.15) is 0 Å². The molecule has 0 aromatic carbocycles. The first-order valence-corrected chi connectivity index (χ1v) is 4.26. The van der Waals surface area contributed by atoms with Crippen molar-refractivity contribution in [2.24, 2.45) is 17.3 Å². The van der Waals surface area contributed by atoms with Crippen LogP contribution in [0.1, 0.15) is 13.8 Å². The molecule has 13 heavy (non-hydrogen) atoms. The molecule has 0 aromatic heterocycles. The first kappa shape index (κ1) is 9.85. The summed E-state index contributed by atoms with van der Waals surface area (Å²) in [4.78, 5) is 11.3. The molecule has 2 heteroatoms. The summed E-state index contributed by atoms with van der Waals surface area (Å²) in [6.45, 7) is 4.08. The van der Waals surface area contributed by atoms with Crippen LogP contribution in [0.2, 0.25) is 0 Å². The van der Waals surface area contributed by atoms with E-state index in [1.54, 1.807) is 6.08 Å². The molecule has 1 aliphatic carbocycles. The fraction of sp³-hybridized carbons (Fsp3) is 0.545. The second-order valence-corrected chi connectivity index (χ2v) is 3.87. The molecule has 0 heterocycles. The molecule has 1 rings (SSSR count). The van der Waals surface area contributed by atoms with E-state index in [0.29, 0.717) is 0 Å². The number of carbonyl (C=O) groups is 1.